The number of amides is 2. The average molecular weight is 623 g/mol. The van der Waals surface area contributed by atoms with E-state index in [0.717, 1.165) is 5.56 Å². The van der Waals surface area contributed by atoms with Gasteiger partial charge in [0.2, 0.25) is 0 Å². The number of halogens is 1. The van der Waals surface area contributed by atoms with E-state index in [0.29, 0.717) is 40.6 Å². The Morgan fingerprint density at radius 1 is 1.07 bits per heavy atom. The van der Waals surface area contributed by atoms with Crippen LogP contribution >= 0.6 is 24.2 Å². The van der Waals surface area contributed by atoms with Crippen molar-refractivity contribution in [2.24, 2.45) is 5.73 Å². The topological polar surface area (TPSA) is 165 Å². The molecule has 1 unspecified atom stereocenters. The number of thiol groups is 1. The van der Waals surface area contributed by atoms with Crippen LogP contribution in [-0.2, 0) is 24.0 Å². The number of unbranched alkanes of at least 4 members (excludes halogenated alkanes) is 1. The minimum atomic E-state index is -1.11. The van der Waals surface area contributed by atoms with E-state index in [4.69, 9.17) is 26.8 Å². The molecule has 0 aromatic heterocycles. The molecule has 0 fully saturated rings. The van der Waals surface area contributed by atoms with Crippen LogP contribution in [0.15, 0.2) is 48.2 Å². The van der Waals surface area contributed by atoms with E-state index >= 15 is 0 Å². The van der Waals surface area contributed by atoms with Crippen LogP contribution in [0.5, 0.6) is 5.75 Å². The normalized spacial score (nSPS) is 16.5. The first-order chi connectivity index (χ1) is 19.8. The van der Waals surface area contributed by atoms with E-state index in [9.17, 15) is 29.3 Å². The molecule has 2 aromatic carbocycles. The minimum Gasteiger partial charge on any atom is -0.497 e. The standard InChI is InChI=1S/C19H17ClNO3.C9H16N2O6S/c1-12-10-15-11-17(24-3)8-9-18(15)21(12,13(2)22)19(23)14-4-6-16(20)7-5-14;1-6(12)8(18)7(10)9(13)16-4-2-3-5-17-11(14)15/h4-11H,1-3H3;7-8,18H,2-5,10H2,1H3/q+1;/t21-;7?,8-/m11/s1. The molecular weight excluding hydrogens is 590 g/mol. The van der Waals surface area contributed by atoms with Crippen molar-refractivity contribution in [3.05, 3.63) is 74.4 Å². The first-order valence-corrected chi connectivity index (χ1v) is 13.6. The monoisotopic (exact) mass is 622 g/mol. The van der Waals surface area contributed by atoms with Crippen LogP contribution in [0.3, 0.4) is 0 Å². The van der Waals surface area contributed by atoms with Crippen molar-refractivity contribution >= 4 is 59.6 Å². The largest absolute Gasteiger partial charge is 0.497 e. The van der Waals surface area contributed by atoms with Gasteiger partial charge in [0.05, 0.1) is 38.1 Å². The van der Waals surface area contributed by atoms with Gasteiger partial charge >= 0.3 is 17.8 Å². The Morgan fingerprint density at radius 3 is 2.24 bits per heavy atom. The lowest BCUT2D eigenvalue weighted by molar-refractivity contribution is -0.757. The molecule has 2 amide bonds. The third-order valence-electron chi connectivity index (χ3n) is 6.37. The molecule has 14 heteroatoms. The number of Topliss-reactive ketones (excluding diaryl/α,β-unsaturated/α-hetero) is 1. The Labute approximate surface area is 253 Å². The van der Waals surface area contributed by atoms with Crippen molar-refractivity contribution in [1.82, 2.24) is 4.48 Å². The number of hydrogen-bond donors (Lipinski definition) is 2. The number of rotatable bonds is 11. The summed E-state index contributed by atoms with van der Waals surface area (Å²) in [6.07, 6.45) is 2.64. The number of allylic oxidation sites excluding steroid dienone is 1. The first-order valence-electron chi connectivity index (χ1n) is 12.7. The zero-order chi connectivity index (χ0) is 31.6. The summed E-state index contributed by atoms with van der Waals surface area (Å²) in [5.41, 5.74) is 8.00. The number of nitrogens with zero attached hydrogens (tertiary/aromatic N) is 2. The van der Waals surface area contributed by atoms with Crippen molar-refractivity contribution in [2.45, 2.75) is 44.9 Å². The Kier molecular flexibility index (Phi) is 12.7. The zero-order valence-electron chi connectivity index (χ0n) is 23.6. The molecule has 0 saturated heterocycles. The Hall–Kier alpha value is -3.78. The molecule has 1 heterocycles. The van der Waals surface area contributed by atoms with Crippen LogP contribution in [0.4, 0.5) is 5.69 Å². The fourth-order valence-corrected chi connectivity index (χ4v) is 4.45. The van der Waals surface area contributed by atoms with Crippen molar-refractivity contribution in [2.75, 3.05) is 20.3 Å². The lowest BCUT2D eigenvalue weighted by atomic mass is 10.1. The summed E-state index contributed by atoms with van der Waals surface area (Å²) in [5, 5.41) is 8.57. The molecule has 1 aliphatic rings. The molecule has 0 radical (unpaired) electrons. The van der Waals surface area contributed by atoms with Crippen LogP contribution < -0.4 is 15.0 Å². The van der Waals surface area contributed by atoms with Crippen LogP contribution in [0, 0.1) is 10.1 Å². The second-order valence-corrected chi connectivity index (χ2v) is 10.2. The Morgan fingerprint density at radius 2 is 1.69 bits per heavy atom. The van der Waals surface area contributed by atoms with Gasteiger partial charge in [0.15, 0.2) is 5.69 Å². The van der Waals surface area contributed by atoms with Crippen LogP contribution in [0.25, 0.3) is 6.08 Å². The number of nitrogens with two attached hydrogens (primary N) is 1. The predicted molar refractivity (Wildman–Crippen MR) is 159 cm³/mol. The van der Waals surface area contributed by atoms with Crippen molar-refractivity contribution in [1.29, 1.82) is 0 Å². The highest BCUT2D eigenvalue weighted by Crippen LogP contribution is 2.43. The molecule has 12 nitrogen and oxygen atoms in total. The lowest BCUT2D eigenvalue weighted by Gasteiger charge is -2.29. The summed E-state index contributed by atoms with van der Waals surface area (Å²) >= 11 is 9.80. The molecule has 0 bridgehead atoms. The summed E-state index contributed by atoms with van der Waals surface area (Å²) in [6, 6.07) is 10.8. The lowest BCUT2D eigenvalue weighted by Crippen LogP contribution is -2.54. The number of carbonyl (C=O) groups is 4. The zero-order valence-corrected chi connectivity index (χ0v) is 25.2. The molecule has 0 saturated carbocycles. The first kappa shape index (κ1) is 34.4. The summed E-state index contributed by atoms with van der Waals surface area (Å²) in [4.78, 5) is 62.1. The molecule has 0 spiro atoms. The molecule has 3 atom stereocenters. The maximum absolute atomic E-state index is 13.3. The predicted octanol–water partition coefficient (Wildman–Crippen LogP) is 4.15. The number of ether oxygens (including phenoxy) is 2. The van der Waals surface area contributed by atoms with Gasteiger partial charge in [-0.2, -0.15) is 12.6 Å². The SMILES string of the molecule is CC(=O)[C@@H](S)C(N)C(=O)OCCCCO[N+](=O)[O-].COc1ccc2c(c1)C=C(C)[N@+]2(C(C)=O)C(=O)c1ccc(Cl)cc1. The maximum Gasteiger partial charge on any atom is 0.363 e. The molecule has 1 aliphatic heterocycles. The van der Waals surface area contributed by atoms with Gasteiger partial charge in [-0.25, -0.2) is 9.59 Å². The summed E-state index contributed by atoms with van der Waals surface area (Å²) < 4.78 is 9.59. The van der Waals surface area contributed by atoms with Crippen molar-refractivity contribution in [3.63, 3.8) is 0 Å². The highest BCUT2D eigenvalue weighted by molar-refractivity contribution is 7.82. The van der Waals surface area contributed by atoms with E-state index in [1.165, 1.54) is 13.8 Å². The quantitative estimate of drug-likeness (QED) is 0.0928. The molecule has 226 valence electrons. The third kappa shape index (κ3) is 8.16. The van der Waals surface area contributed by atoms with E-state index < -0.39 is 26.8 Å². The molecule has 3 rings (SSSR count). The van der Waals surface area contributed by atoms with Crippen LogP contribution in [0.1, 0.15) is 49.5 Å². The highest BCUT2D eigenvalue weighted by atomic mass is 35.5. The second-order valence-electron chi connectivity index (χ2n) is 9.23. The number of hydrogen-bond acceptors (Lipinski definition) is 11. The summed E-state index contributed by atoms with van der Waals surface area (Å²) in [5.74, 6) is -0.910. The van der Waals surface area contributed by atoms with E-state index in [-0.39, 0.29) is 30.8 Å². The number of benzene rings is 2. The van der Waals surface area contributed by atoms with Gasteiger partial charge < -0.3 is 20.0 Å². The number of carbonyl (C=O) groups excluding carboxylic acids is 4. The van der Waals surface area contributed by atoms with Gasteiger partial charge in [0.1, 0.15) is 23.3 Å². The summed E-state index contributed by atoms with van der Waals surface area (Å²) in [6.45, 7) is 4.51. The number of fused-ring (bicyclic) bond motifs is 1. The fourth-order valence-electron chi connectivity index (χ4n) is 4.20. The number of methoxy groups -OCH3 is 1. The van der Waals surface area contributed by atoms with Gasteiger partial charge in [0.25, 0.3) is 5.09 Å². The van der Waals surface area contributed by atoms with Gasteiger partial charge in [-0.05, 0) is 56.2 Å². The van der Waals surface area contributed by atoms with Crippen LogP contribution in [0.2, 0.25) is 5.02 Å². The van der Waals surface area contributed by atoms with Crippen molar-refractivity contribution in [3.8, 4) is 5.75 Å². The average Bonchev–Trinajstić information content (AvgIpc) is 3.25. The number of esters is 1. The van der Waals surface area contributed by atoms with Crippen LogP contribution in [-0.4, -0.2) is 60.3 Å². The summed E-state index contributed by atoms with van der Waals surface area (Å²) in [7, 11) is 1.58. The van der Waals surface area contributed by atoms with Gasteiger partial charge in [-0.1, -0.05) is 11.6 Å². The smallest absolute Gasteiger partial charge is 0.363 e. The Bertz CT molecular complexity index is 1370. The maximum atomic E-state index is 13.3. The van der Waals surface area contributed by atoms with E-state index in [2.05, 4.69) is 17.5 Å². The molecular formula is C28H33ClN3O9S+. The molecule has 0 aliphatic carbocycles. The van der Waals surface area contributed by atoms with E-state index in [1.807, 2.05) is 12.1 Å². The van der Waals surface area contributed by atoms with Gasteiger partial charge in [-0.15, -0.1) is 14.6 Å². The molecule has 2 aromatic rings. The second kappa shape index (κ2) is 15.4. The molecule has 2 N–H and O–H groups in total. The molecule has 42 heavy (non-hydrogen) atoms. The minimum absolute atomic E-state index is 0.0563. The van der Waals surface area contributed by atoms with Gasteiger partial charge in [0, 0.05) is 29.7 Å². The number of ketones is 1. The number of quaternary nitrogens is 1. The third-order valence-corrected chi connectivity index (χ3v) is 7.30. The van der Waals surface area contributed by atoms with Crippen molar-refractivity contribution < 1.29 is 38.6 Å². The highest BCUT2D eigenvalue weighted by Gasteiger charge is 2.51. The van der Waals surface area contributed by atoms with E-state index in [1.54, 1.807) is 50.4 Å². The fraction of sp³-hybridized carbons (Fsp3) is 0.357. The van der Waals surface area contributed by atoms with Gasteiger partial charge in [-0.3, -0.25) is 9.59 Å². The Balaban J connectivity index is 0.000000309. The number of imide groups is 1.